The molecule has 2 heterocycles. The number of nitrogens with one attached hydrogen (secondary N) is 1. The van der Waals surface area contributed by atoms with Gasteiger partial charge >= 0.3 is 0 Å². The van der Waals surface area contributed by atoms with Crippen LogP contribution in [-0.2, 0) is 9.59 Å². The fourth-order valence-electron chi connectivity index (χ4n) is 3.08. The Labute approximate surface area is 173 Å². The lowest BCUT2D eigenvalue weighted by atomic mass is 9.97. The zero-order valence-corrected chi connectivity index (χ0v) is 17.0. The average Bonchev–Trinajstić information content (AvgIpc) is 2.68. The molecule has 1 aliphatic rings. The lowest BCUT2D eigenvalue weighted by Crippen LogP contribution is -2.45. The molecule has 0 radical (unpaired) electrons. The molecule has 28 heavy (non-hydrogen) atoms. The predicted molar refractivity (Wildman–Crippen MR) is 109 cm³/mol. The van der Waals surface area contributed by atoms with Crippen LogP contribution in [0.25, 0.3) is 0 Å². The van der Waals surface area contributed by atoms with Crippen LogP contribution in [0.4, 0.5) is 5.82 Å². The van der Waals surface area contributed by atoms with E-state index < -0.39 is 0 Å². The van der Waals surface area contributed by atoms with Crippen LogP contribution in [0, 0.1) is 12.8 Å². The maximum Gasteiger partial charge on any atom is 0.260 e. The van der Waals surface area contributed by atoms with Crippen molar-refractivity contribution in [3.63, 3.8) is 0 Å². The molecular weight excluding hydrogens is 401 g/mol. The van der Waals surface area contributed by atoms with Gasteiger partial charge in [-0.15, -0.1) is 0 Å². The number of hydrogen-bond donors (Lipinski definition) is 1. The molecule has 0 aliphatic carbocycles. The number of aromatic nitrogens is 1. The number of hydrogen-bond acceptors (Lipinski definition) is 4. The second kappa shape index (κ2) is 9.26. The summed E-state index contributed by atoms with van der Waals surface area (Å²) in [7, 11) is 0. The van der Waals surface area contributed by atoms with Crippen molar-refractivity contribution >= 4 is 40.8 Å². The van der Waals surface area contributed by atoms with E-state index in [0.29, 0.717) is 34.7 Å². The fraction of sp³-hybridized carbons (Fsp3) is 0.350. The number of benzene rings is 1. The lowest BCUT2D eigenvalue weighted by Gasteiger charge is -2.32. The molecule has 1 fully saturated rings. The number of pyridine rings is 1. The first-order chi connectivity index (χ1) is 13.4. The summed E-state index contributed by atoms with van der Waals surface area (Å²) in [6.07, 6.45) is 1.48. The molecule has 1 aromatic carbocycles. The number of anilines is 1. The molecule has 1 atom stereocenters. The standard InChI is InChI=1S/C20H21Cl2N3O3/c1-13-4-2-6-18(23-13)24-20(27)14-5-3-9-25(11-14)19(26)12-28-17-10-15(21)7-8-16(17)22/h2,4,6-8,10,14H,3,5,9,11-12H2,1H3,(H,23,24,27). The van der Waals surface area contributed by atoms with Gasteiger partial charge in [0.25, 0.3) is 5.91 Å². The molecule has 1 aliphatic heterocycles. The van der Waals surface area contributed by atoms with Crippen molar-refractivity contribution in [1.29, 1.82) is 0 Å². The highest BCUT2D eigenvalue weighted by molar-refractivity contribution is 6.34. The zero-order valence-electron chi connectivity index (χ0n) is 15.5. The van der Waals surface area contributed by atoms with Crippen LogP contribution in [0.3, 0.4) is 0 Å². The number of carbonyl (C=O) groups excluding carboxylic acids is 2. The molecule has 6 nitrogen and oxygen atoms in total. The minimum atomic E-state index is -0.283. The zero-order chi connectivity index (χ0) is 20.1. The van der Waals surface area contributed by atoms with E-state index in [4.69, 9.17) is 27.9 Å². The lowest BCUT2D eigenvalue weighted by molar-refractivity contribution is -0.136. The summed E-state index contributed by atoms with van der Waals surface area (Å²) in [4.78, 5) is 31.0. The van der Waals surface area contributed by atoms with Crippen molar-refractivity contribution in [2.75, 3.05) is 25.0 Å². The van der Waals surface area contributed by atoms with Gasteiger partial charge < -0.3 is 15.0 Å². The third kappa shape index (κ3) is 5.36. The number of likely N-dealkylation sites (tertiary alicyclic amines) is 1. The van der Waals surface area contributed by atoms with Gasteiger partial charge in [0.2, 0.25) is 5.91 Å². The van der Waals surface area contributed by atoms with Crippen molar-refractivity contribution in [3.05, 3.63) is 52.1 Å². The second-order valence-electron chi connectivity index (χ2n) is 6.70. The molecule has 1 aromatic heterocycles. The van der Waals surface area contributed by atoms with Crippen molar-refractivity contribution in [2.45, 2.75) is 19.8 Å². The molecule has 148 valence electrons. The molecule has 0 bridgehead atoms. The van der Waals surface area contributed by atoms with E-state index in [1.54, 1.807) is 29.2 Å². The molecular formula is C20H21Cl2N3O3. The van der Waals surface area contributed by atoms with Crippen LogP contribution in [0.5, 0.6) is 5.75 Å². The highest BCUT2D eigenvalue weighted by Gasteiger charge is 2.29. The Balaban J connectivity index is 1.55. The van der Waals surface area contributed by atoms with E-state index in [2.05, 4.69) is 10.3 Å². The summed E-state index contributed by atoms with van der Waals surface area (Å²) in [6.45, 7) is 2.65. The van der Waals surface area contributed by atoms with E-state index in [-0.39, 0.29) is 24.3 Å². The summed E-state index contributed by atoms with van der Waals surface area (Å²) in [5.74, 6) is 0.276. The van der Waals surface area contributed by atoms with Gasteiger partial charge in [0.05, 0.1) is 10.9 Å². The maximum atomic E-state index is 12.6. The van der Waals surface area contributed by atoms with Gasteiger partial charge in [-0.3, -0.25) is 9.59 Å². The van der Waals surface area contributed by atoms with Gasteiger partial charge in [-0.25, -0.2) is 4.98 Å². The number of halogens is 2. The number of nitrogens with zero attached hydrogens (tertiary/aromatic N) is 2. The van der Waals surface area contributed by atoms with Crippen molar-refractivity contribution in [2.24, 2.45) is 5.92 Å². The van der Waals surface area contributed by atoms with E-state index in [1.807, 2.05) is 19.1 Å². The number of rotatable bonds is 5. The number of carbonyl (C=O) groups is 2. The van der Waals surface area contributed by atoms with Gasteiger partial charge in [0.1, 0.15) is 11.6 Å². The van der Waals surface area contributed by atoms with E-state index >= 15 is 0 Å². The topological polar surface area (TPSA) is 71.5 Å². The highest BCUT2D eigenvalue weighted by Crippen LogP contribution is 2.28. The van der Waals surface area contributed by atoms with E-state index in [0.717, 1.165) is 18.5 Å². The summed E-state index contributed by atoms with van der Waals surface area (Å²) in [5, 5.41) is 3.70. The van der Waals surface area contributed by atoms with Gasteiger partial charge in [-0.1, -0.05) is 29.3 Å². The first kappa shape index (κ1) is 20.4. The Kier molecular flexibility index (Phi) is 6.75. The fourth-order valence-corrected chi connectivity index (χ4v) is 3.41. The molecule has 8 heteroatoms. The van der Waals surface area contributed by atoms with Crippen LogP contribution >= 0.6 is 23.2 Å². The Morgan fingerprint density at radius 1 is 1.29 bits per heavy atom. The molecule has 1 unspecified atom stereocenters. The molecule has 1 N–H and O–H groups in total. The Morgan fingerprint density at radius 2 is 2.11 bits per heavy atom. The molecule has 0 saturated carbocycles. The number of ether oxygens (including phenoxy) is 1. The SMILES string of the molecule is Cc1cccc(NC(=O)C2CCCN(C(=O)COc3cc(Cl)ccc3Cl)C2)n1. The summed E-state index contributed by atoms with van der Waals surface area (Å²) in [5.41, 5.74) is 0.829. The number of amides is 2. The van der Waals surface area contributed by atoms with Gasteiger partial charge in [0.15, 0.2) is 6.61 Å². The molecule has 3 rings (SSSR count). The van der Waals surface area contributed by atoms with E-state index in [1.165, 1.54) is 0 Å². The van der Waals surface area contributed by atoms with Crippen LogP contribution in [0.15, 0.2) is 36.4 Å². The van der Waals surface area contributed by atoms with Crippen LogP contribution in [0.1, 0.15) is 18.5 Å². The average molecular weight is 422 g/mol. The molecule has 2 aromatic rings. The minimum Gasteiger partial charge on any atom is -0.482 e. The normalized spacial score (nSPS) is 16.5. The van der Waals surface area contributed by atoms with E-state index in [9.17, 15) is 9.59 Å². The molecule has 1 saturated heterocycles. The third-order valence-corrected chi connectivity index (χ3v) is 5.08. The monoisotopic (exact) mass is 421 g/mol. The summed E-state index contributed by atoms with van der Waals surface area (Å²) >= 11 is 12.0. The Bertz CT molecular complexity index is 876. The van der Waals surface area contributed by atoms with Crippen LogP contribution < -0.4 is 10.1 Å². The van der Waals surface area contributed by atoms with Gasteiger partial charge in [-0.2, -0.15) is 0 Å². The van der Waals surface area contributed by atoms with Crippen molar-refractivity contribution in [3.8, 4) is 5.75 Å². The predicted octanol–water partition coefficient (Wildman–Crippen LogP) is 3.95. The number of aryl methyl sites for hydroxylation is 1. The van der Waals surface area contributed by atoms with Gasteiger partial charge in [0, 0.05) is 29.9 Å². The highest BCUT2D eigenvalue weighted by atomic mass is 35.5. The van der Waals surface area contributed by atoms with Crippen LogP contribution in [0.2, 0.25) is 10.0 Å². The first-order valence-corrected chi connectivity index (χ1v) is 9.78. The Hall–Kier alpha value is -2.31. The first-order valence-electron chi connectivity index (χ1n) is 9.02. The van der Waals surface area contributed by atoms with Crippen LogP contribution in [-0.4, -0.2) is 41.4 Å². The quantitative estimate of drug-likeness (QED) is 0.792. The summed E-state index contributed by atoms with van der Waals surface area (Å²) in [6, 6.07) is 10.3. The molecule has 0 spiro atoms. The molecule has 2 amide bonds. The third-order valence-electron chi connectivity index (χ3n) is 4.53. The second-order valence-corrected chi connectivity index (χ2v) is 7.54. The Morgan fingerprint density at radius 3 is 2.89 bits per heavy atom. The van der Waals surface area contributed by atoms with Gasteiger partial charge in [-0.05, 0) is 44.0 Å². The maximum absolute atomic E-state index is 12.6. The number of piperidine rings is 1. The van der Waals surface area contributed by atoms with Crippen molar-refractivity contribution in [1.82, 2.24) is 9.88 Å². The minimum absolute atomic E-state index is 0.130. The smallest absolute Gasteiger partial charge is 0.260 e. The largest absolute Gasteiger partial charge is 0.482 e. The summed E-state index contributed by atoms with van der Waals surface area (Å²) < 4.78 is 5.52. The van der Waals surface area contributed by atoms with Crippen molar-refractivity contribution < 1.29 is 14.3 Å².